The minimum absolute atomic E-state index is 0.0417. The highest BCUT2D eigenvalue weighted by atomic mass is 19.1. The van der Waals surface area contributed by atoms with Gasteiger partial charge in [-0.1, -0.05) is 17.7 Å². The lowest BCUT2D eigenvalue weighted by molar-refractivity contribution is 0.0685. The van der Waals surface area contributed by atoms with Crippen LogP contribution in [0.25, 0.3) is 0 Å². The molecule has 0 aliphatic carbocycles. The Morgan fingerprint density at radius 2 is 1.45 bits per heavy atom. The first-order valence-corrected chi connectivity index (χ1v) is 6.22. The Hall–Kier alpha value is -2.89. The fourth-order valence-electron chi connectivity index (χ4n) is 1.50. The average Bonchev–Trinajstić information content (AvgIpc) is 2.48. The Morgan fingerprint density at radius 1 is 0.955 bits per heavy atom. The summed E-state index contributed by atoms with van der Waals surface area (Å²) in [6.45, 7) is 1.92. The van der Waals surface area contributed by atoms with E-state index in [2.05, 4.69) is 4.74 Å². The second-order valence-corrected chi connectivity index (χ2v) is 4.33. The summed E-state index contributed by atoms with van der Waals surface area (Å²) in [7, 11) is 1.32. The van der Waals surface area contributed by atoms with Gasteiger partial charge >= 0.3 is 11.9 Å². The summed E-state index contributed by atoms with van der Waals surface area (Å²) in [4.78, 5) is 20.7. The van der Waals surface area contributed by atoms with Gasteiger partial charge in [-0.2, -0.15) is 0 Å². The molecular formula is C16H15FO5. The van der Waals surface area contributed by atoms with E-state index in [1.165, 1.54) is 19.2 Å². The number of hydrogen-bond acceptors (Lipinski definition) is 3. The van der Waals surface area contributed by atoms with E-state index >= 15 is 0 Å². The minimum Gasteiger partial charge on any atom is -0.494 e. The van der Waals surface area contributed by atoms with Crippen LogP contribution in [0.4, 0.5) is 4.39 Å². The second-order valence-electron chi connectivity index (χ2n) is 4.33. The minimum atomic E-state index is -1.16. The van der Waals surface area contributed by atoms with Gasteiger partial charge in [0, 0.05) is 0 Å². The van der Waals surface area contributed by atoms with Gasteiger partial charge in [-0.25, -0.2) is 14.0 Å². The van der Waals surface area contributed by atoms with Crippen molar-refractivity contribution in [3.05, 3.63) is 65.0 Å². The van der Waals surface area contributed by atoms with Crippen LogP contribution in [0.2, 0.25) is 0 Å². The number of aryl methyl sites for hydroxylation is 1. The molecule has 0 atom stereocenters. The summed E-state index contributed by atoms with van der Waals surface area (Å²) in [5.74, 6) is -2.66. The standard InChI is InChI=1S/C8H7FO3.C8H8O2/c1-12-7-3-2-5(8(10)11)4-6(7)9;1-6-2-4-7(5-3-6)8(9)10/h2-4H,1H3,(H,10,11);2-5H,1H3,(H,9,10). The molecule has 2 aromatic carbocycles. The lowest BCUT2D eigenvalue weighted by Crippen LogP contribution is -1.97. The van der Waals surface area contributed by atoms with Crippen molar-refractivity contribution in [2.75, 3.05) is 7.11 Å². The predicted octanol–water partition coefficient (Wildman–Crippen LogP) is 3.23. The Labute approximate surface area is 126 Å². The van der Waals surface area contributed by atoms with Crippen molar-refractivity contribution in [3.63, 3.8) is 0 Å². The molecule has 5 nitrogen and oxygen atoms in total. The summed E-state index contributed by atoms with van der Waals surface area (Å²) < 4.78 is 17.4. The van der Waals surface area contributed by atoms with Crippen LogP contribution in [0.15, 0.2) is 42.5 Å². The van der Waals surface area contributed by atoms with E-state index in [1.54, 1.807) is 24.3 Å². The lowest BCUT2D eigenvalue weighted by Gasteiger charge is -2.01. The van der Waals surface area contributed by atoms with E-state index in [-0.39, 0.29) is 11.3 Å². The lowest BCUT2D eigenvalue weighted by atomic mass is 10.2. The molecule has 0 aromatic heterocycles. The smallest absolute Gasteiger partial charge is 0.335 e. The fraction of sp³-hybridized carbons (Fsp3) is 0.125. The second kappa shape index (κ2) is 7.78. The Bertz CT molecular complexity index is 665. The number of carboxylic acids is 2. The number of methoxy groups -OCH3 is 1. The van der Waals surface area contributed by atoms with Crippen LogP contribution in [0, 0.1) is 12.7 Å². The van der Waals surface area contributed by atoms with Gasteiger partial charge in [-0.15, -0.1) is 0 Å². The number of carboxylic acid groups (broad SMARTS) is 2. The average molecular weight is 306 g/mol. The van der Waals surface area contributed by atoms with Crippen molar-refractivity contribution < 1.29 is 28.9 Å². The summed E-state index contributed by atoms with van der Waals surface area (Å²) in [6, 6.07) is 10.2. The quantitative estimate of drug-likeness (QED) is 0.909. The summed E-state index contributed by atoms with van der Waals surface area (Å²) >= 11 is 0. The highest BCUT2D eigenvalue weighted by molar-refractivity contribution is 5.88. The van der Waals surface area contributed by atoms with Crippen LogP contribution in [-0.4, -0.2) is 29.3 Å². The SMILES string of the molecule is COc1ccc(C(=O)O)cc1F.Cc1ccc(C(=O)O)cc1. The molecular weight excluding hydrogens is 291 g/mol. The van der Waals surface area contributed by atoms with Crippen molar-refractivity contribution >= 4 is 11.9 Å². The van der Waals surface area contributed by atoms with Gasteiger partial charge < -0.3 is 14.9 Å². The molecule has 2 N–H and O–H groups in total. The van der Waals surface area contributed by atoms with Gasteiger partial charge in [0.25, 0.3) is 0 Å². The molecule has 0 saturated heterocycles. The van der Waals surface area contributed by atoms with Crippen LogP contribution in [0.3, 0.4) is 0 Å². The highest BCUT2D eigenvalue weighted by Gasteiger charge is 2.07. The molecule has 0 spiro atoms. The zero-order chi connectivity index (χ0) is 16.7. The number of rotatable bonds is 3. The first-order chi connectivity index (χ1) is 10.3. The molecule has 22 heavy (non-hydrogen) atoms. The van der Waals surface area contributed by atoms with Gasteiger partial charge in [0.15, 0.2) is 11.6 Å². The number of halogens is 1. The van der Waals surface area contributed by atoms with E-state index < -0.39 is 17.8 Å². The van der Waals surface area contributed by atoms with Crippen LogP contribution < -0.4 is 4.74 Å². The molecule has 2 aromatic rings. The van der Waals surface area contributed by atoms with E-state index in [9.17, 15) is 14.0 Å². The Balaban J connectivity index is 0.000000224. The number of hydrogen-bond donors (Lipinski definition) is 2. The van der Waals surface area contributed by atoms with Crippen LogP contribution >= 0.6 is 0 Å². The van der Waals surface area contributed by atoms with Crippen molar-refractivity contribution in [2.45, 2.75) is 6.92 Å². The van der Waals surface area contributed by atoms with Gasteiger partial charge in [-0.3, -0.25) is 0 Å². The molecule has 6 heteroatoms. The van der Waals surface area contributed by atoms with Crippen LogP contribution in [0.5, 0.6) is 5.75 Å². The molecule has 0 amide bonds. The molecule has 0 heterocycles. The third-order valence-corrected chi connectivity index (χ3v) is 2.70. The Kier molecular flexibility index (Phi) is 6.07. The van der Waals surface area contributed by atoms with Crippen molar-refractivity contribution in [2.24, 2.45) is 0 Å². The molecule has 2 rings (SSSR count). The topological polar surface area (TPSA) is 83.8 Å². The zero-order valence-corrected chi connectivity index (χ0v) is 12.0. The number of ether oxygens (including phenoxy) is 1. The molecule has 0 aliphatic heterocycles. The molecule has 0 aliphatic rings. The zero-order valence-electron chi connectivity index (χ0n) is 12.0. The highest BCUT2D eigenvalue weighted by Crippen LogP contribution is 2.17. The van der Waals surface area contributed by atoms with Crippen LogP contribution in [0.1, 0.15) is 26.3 Å². The Morgan fingerprint density at radius 3 is 1.86 bits per heavy atom. The molecule has 0 fully saturated rings. The third-order valence-electron chi connectivity index (χ3n) is 2.70. The first-order valence-electron chi connectivity index (χ1n) is 6.22. The fourth-order valence-corrected chi connectivity index (χ4v) is 1.50. The van der Waals surface area contributed by atoms with Gasteiger partial charge in [0.05, 0.1) is 18.2 Å². The molecule has 0 radical (unpaired) electrons. The molecule has 0 saturated carbocycles. The maximum atomic E-state index is 12.8. The third kappa shape index (κ3) is 4.90. The maximum absolute atomic E-state index is 12.8. The monoisotopic (exact) mass is 306 g/mol. The molecule has 0 bridgehead atoms. The predicted molar refractivity (Wildman–Crippen MR) is 78.0 cm³/mol. The van der Waals surface area contributed by atoms with Gasteiger partial charge in [0.2, 0.25) is 0 Å². The van der Waals surface area contributed by atoms with E-state index in [0.717, 1.165) is 11.6 Å². The van der Waals surface area contributed by atoms with Crippen LogP contribution in [-0.2, 0) is 0 Å². The first kappa shape index (κ1) is 17.2. The van der Waals surface area contributed by atoms with Gasteiger partial charge in [0.1, 0.15) is 0 Å². The van der Waals surface area contributed by atoms with Crippen molar-refractivity contribution in [3.8, 4) is 5.75 Å². The summed E-state index contributed by atoms with van der Waals surface area (Å²) in [5.41, 5.74) is 1.32. The number of benzene rings is 2. The normalized spacial score (nSPS) is 9.41. The van der Waals surface area contributed by atoms with E-state index in [4.69, 9.17) is 10.2 Å². The maximum Gasteiger partial charge on any atom is 0.335 e. The summed E-state index contributed by atoms with van der Waals surface area (Å²) in [6.07, 6.45) is 0. The van der Waals surface area contributed by atoms with Crippen molar-refractivity contribution in [1.82, 2.24) is 0 Å². The summed E-state index contributed by atoms with van der Waals surface area (Å²) in [5, 5.41) is 16.9. The molecule has 0 unspecified atom stereocenters. The van der Waals surface area contributed by atoms with E-state index in [1.807, 2.05) is 6.92 Å². The number of carbonyl (C=O) groups is 2. The number of aromatic carboxylic acids is 2. The van der Waals surface area contributed by atoms with Gasteiger partial charge in [-0.05, 0) is 37.3 Å². The largest absolute Gasteiger partial charge is 0.494 e. The van der Waals surface area contributed by atoms with Crippen molar-refractivity contribution in [1.29, 1.82) is 0 Å². The molecule has 116 valence electrons. The van der Waals surface area contributed by atoms with E-state index in [0.29, 0.717) is 5.56 Å².